The van der Waals surface area contributed by atoms with Gasteiger partial charge in [-0.15, -0.1) is 0 Å². The smallest absolute Gasteiger partial charge is 0.161 e. The first-order chi connectivity index (χ1) is 6.81. The Morgan fingerprint density at radius 2 is 2.14 bits per heavy atom. The van der Waals surface area contributed by atoms with E-state index in [2.05, 4.69) is 0 Å². The summed E-state index contributed by atoms with van der Waals surface area (Å²) in [6, 6.07) is 3.78. The van der Waals surface area contributed by atoms with Crippen LogP contribution in [-0.4, -0.2) is 27.1 Å². The summed E-state index contributed by atoms with van der Waals surface area (Å²) in [5.41, 5.74) is 5.64. The molecule has 1 atom stereocenters. The third-order valence-electron chi connectivity index (χ3n) is 2.20. The normalized spacial score (nSPS) is 13.4. The highest BCUT2D eigenvalue weighted by atomic mass is 16.7. The van der Waals surface area contributed by atoms with Crippen molar-refractivity contribution in [2.24, 2.45) is 11.7 Å². The standard InChI is InChI=1S/C10H17NO3/c1-12-10(13-2)8(7-11)6-9-4-3-5-14-9/h3-5,8,10H,6-7,11H2,1-2H3. The lowest BCUT2D eigenvalue weighted by Gasteiger charge is -2.22. The Labute approximate surface area is 84.0 Å². The quantitative estimate of drug-likeness (QED) is 0.695. The van der Waals surface area contributed by atoms with Crippen LogP contribution in [0.15, 0.2) is 22.8 Å². The fraction of sp³-hybridized carbons (Fsp3) is 0.600. The molecule has 2 N–H and O–H groups in total. The van der Waals surface area contributed by atoms with Gasteiger partial charge in [-0.25, -0.2) is 0 Å². The number of ether oxygens (including phenoxy) is 2. The van der Waals surface area contributed by atoms with Crippen molar-refractivity contribution in [3.05, 3.63) is 24.2 Å². The second kappa shape index (κ2) is 5.80. The van der Waals surface area contributed by atoms with Gasteiger partial charge in [0.15, 0.2) is 6.29 Å². The van der Waals surface area contributed by atoms with Gasteiger partial charge in [0.1, 0.15) is 5.76 Å². The van der Waals surface area contributed by atoms with E-state index in [-0.39, 0.29) is 12.2 Å². The van der Waals surface area contributed by atoms with Crippen LogP contribution in [-0.2, 0) is 15.9 Å². The average Bonchev–Trinajstić information content (AvgIpc) is 2.70. The molecule has 0 saturated carbocycles. The molecular weight excluding hydrogens is 182 g/mol. The minimum atomic E-state index is -0.273. The Hall–Kier alpha value is -0.840. The Balaban J connectivity index is 2.53. The van der Waals surface area contributed by atoms with E-state index in [0.29, 0.717) is 6.54 Å². The maximum absolute atomic E-state index is 5.64. The first-order valence-corrected chi connectivity index (χ1v) is 4.59. The Morgan fingerprint density at radius 1 is 1.43 bits per heavy atom. The van der Waals surface area contributed by atoms with Gasteiger partial charge in [-0.2, -0.15) is 0 Å². The first kappa shape index (κ1) is 11.2. The summed E-state index contributed by atoms with van der Waals surface area (Å²) in [6.45, 7) is 0.507. The van der Waals surface area contributed by atoms with Crippen molar-refractivity contribution < 1.29 is 13.9 Å². The van der Waals surface area contributed by atoms with E-state index < -0.39 is 0 Å². The van der Waals surface area contributed by atoms with Gasteiger partial charge in [0.2, 0.25) is 0 Å². The van der Waals surface area contributed by atoms with Gasteiger partial charge in [-0.3, -0.25) is 0 Å². The molecule has 1 aromatic rings. The number of rotatable bonds is 6. The van der Waals surface area contributed by atoms with Gasteiger partial charge in [-0.05, 0) is 12.1 Å². The van der Waals surface area contributed by atoms with Crippen molar-refractivity contribution in [3.63, 3.8) is 0 Å². The molecule has 1 heterocycles. The van der Waals surface area contributed by atoms with Crippen molar-refractivity contribution in [1.82, 2.24) is 0 Å². The third-order valence-corrected chi connectivity index (χ3v) is 2.20. The molecule has 0 aromatic carbocycles. The molecule has 14 heavy (non-hydrogen) atoms. The number of furan rings is 1. The highest BCUT2D eigenvalue weighted by Gasteiger charge is 2.20. The van der Waals surface area contributed by atoms with Crippen molar-refractivity contribution >= 4 is 0 Å². The van der Waals surface area contributed by atoms with Gasteiger partial charge in [0, 0.05) is 33.1 Å². The lowest BCUT2D eigenvalue weighted by Crippen LogP contribution is -2.32. The number of nitrogens with two attached hydrogens (primary N) is 1. The van der Waals surface area contributed by atoms with Gasteiger partial charge in [0.25, 0.3) is 0 Å². The topological polar surface area (TPSA) is 57.6 Å². The third kappa shape index (κ3) is 2.83. The molecule has 0 amide bonds. The SMILES string of the molecule is COC(OC)C(CN)Cc1ccco1. The lowest BCUT2D eigenvalue weighted by molar-refractivity contribution is -0.135. The molecule has 0 saturated heterocycles. The maximum atomic E-state index is 5.64. The van der Waals surface area contributed by atoms with E-state index in [1.165, 1.54) is 0 Å². The summed E-state index contributed by atoms with van der Waals surface area (Å²) in [4.78, 5) is 0. The largest absolute Gasteiger partial charge is 0.469 e. The monoisotopic (exact) mass is 199 g/mol. The van der Waals surface area contributed by atoms with Crippen LogP contribution in [0.4, 0.5) is 0 Å². The summed E-state index contributed by atoms with van der Waals surface area (Å²) < 4.78 is 15.6. The Kier molecular flexibility index (Phi) is 4.65. The fourth-order valence-electron chi connectivity index (χ4n) is 1.46. The van der Waals surface area contributed by atoms with Gasteiger partial charge >= 0.3 is 0 Å². The minimum absolute atomic E-state index is 0.121. The molecule has 0 aliphatic carbocycles. The summed E-state index contributed by atoms with van der Waals surface area (Å²) in [6.07, 6.45) is 2.11. The van der Waals surface area contributed by atoms with Crippen molar-refractivity contribution in [1.29, 1.82) is 0 Å². The van der Waals surface area contributed by atoms with Gasteiger partial charge < -0.3 is 19.6 Å². The number of hydrogen-bond donors (Lipinski definition) is 1. The lowest BCUT2D eigenvalue weighted by atomic mass is 10.0. The van der Waals surface area contributed by atoms with Crippen LogP contribution in [0.1, 0.15) is 5.76 Å². The van der Waals surface area contributed by atoms with Crippen LogP contribution >= 0.6 is 0 Å². The summed E-state index contributed by atoms with van der Waals surface area (Å²) in [7, 11) is 3.22. The van der Waals surface area contributed by atoms with E-state index >= 15 is 0 Å². The molecule has 80 valence electrons. The first-order valence-electron chi connectivity index (χ1n) is 4.59. The number of hydrogen-bond acceptors (Lipinski definition) is 4. The van der Waals surface area contributed by atoms with E-state index in [1.54, 1.807) is 20.5 Å². The summed E-state index contributed by atoms with van der Waals surface area (Å²) >= 11 is 0. The van der Waals surface area contributed by atoms with E-state index in [0.717, 1.165) is 12.2 Å². The van der Waals surface area contributed by atoms with E-state index in [1.807, 2.05) is 12.1 Å². The molecule has 1 unspecified atom stereocenters. The van der Waals surface area contributed by atoms with Crippen LogP contribution in [0.5, 0.6) is 0 Å². The van der Waals surface area contributed by atoms with Crippen LogP contribution in [0.25, 0.3) is 0 Å². The number of methoxy groups -OCH3 is 2. The van der Waals surface area contributed by atoms with Crippen LogP contribution < -0.4 is 5.73 Å². The highest BCUT2D eigenvalue weighted by Crippen LogP contribution is 2.14. The fourth-order valence-corrected chi connectivity index (χ4v) is 1.46. The van der Waals surface area contributed by atoms with Crippen LogP contribution in [0.3, 0.4) is 0 Å². The van der Waals surface area contributed by atoms with Gasteiger partial charge in [0.05, 0.1) is 6.26 Å². The van der Waals surface area contributed by atoms with Crippen LogP contribution in [0.2, 0.25) is 0 Å². The van der Waals surface area contributed by atoms with Crippen LogP contribution in [0, 0.1) is 5.92 Å². The zero-order chi connectivity index (χ0) is 10.4. The van der Waals surface area contributed by atoms with Crippen molar-refractivity contribution in [2.75, 3.05) is 20.8 Å². The predicted molar refractivity (Wildman–Crippen MR) is 52.8 cm³/mol. The van der Waals surface area contributed by atoms with E-state index in [9.17, 15) is 0 Å². The maximum Gasteiger partial charge on any atom is 0.161 e. The van der Waals surface area contributed by atoms with Crippen molar-refractivity contribution in [2.45, 2.75) is 12.7 Å². The molecule has 0 aliphatic rings. The Bertz CT molecular complexity index is 232. The molecule has 1 rings (SSSR count). The second-order valence-corrected chi connectivity index (χ2v) is 3.12. The highest BCUT2D eigenvalue weighted by molar-refractivity contribution is 4.99. The molecular formula is C10H17NO3. The van der Waals surface area contributed by atoms with E-state index in [4.69, 9.17) is 19.6 Å². The average molecular weight is 199 g/mol. The molecule has 0 fully saturated rings. The Morgan fingerprint density at radius 3 is 2.57 bits per heavy atom. The molecule has 4 heteroatoms. The zero-order valence-electron chi connectivity index (χ0n) is 8.60. The molecule has 0 spiro atoms. The molecule has 4 nitrogen and oxygen atoms in total. The molecule has 0 bridgehead atoms. The summed E-state index contributed by atoms with van der Waals surface area (Å²) in [5.74, 6) is 1.02. The molecule has 0 aliphatic heterocycles. The molecule has 0 radical (unpaired) electrons. The second-order valence-electron chi connectivity index (χ2n) is 3.12. The minimum Gasteiger partial charge on any atom is -0.469 e. The van der Waals surface area contributed by atoms with Crippen molar-refractivity contribution in [3.8, 4) is 0 Å². The zero-order valence-corrected chi connectivity index (χ0v) is 8.60. The predicted octanol–water partition coefficient (Wildman–Crippen LogP) is 1.02. The van der Waals surface area contributed by atoms with Gasteiger partial charge in [-0.1, -0.05) is 0 Å². The molecule has 1 aromatic heterocycles. The summed E-state index contributed by atoms with van der Waals surface area (Å²) in [5, 5.41) is 0.